The lowest BCUT2D eigenvalue weighted by molar-refractivity contribution is -0.137. The van der Waals surface area contributed by atoms with E-state index in [1.54, 1.807) is 12.1 Å². The van der Waals surface area contributed by atoms with Gasteiger partial charge < -0.3 is 14.5 Å². The van der Waals surface area contributed by atoms with Gasteiger partial charge in [-0.05, 0) is 50.2 Å². The zero-order valence-corrected chi connectivity index (χ0v) is 16.3. The summed E-state index contributed by atoms with van der Waals surface area (Å²) in [6, 6.07) is 8.67. The molecule has 7 nitrogen and oxygen atoms in total. The summed E-state index contributed by atoms with van der Waals surface area (Å²) in [7, 11) is 1.27. The van der Waals surface area contributed by atoms with E-state index < -0.39 is 28.7 Å². The van der Waals surface area contributed by atoms with Gasteiger partial charge in [0.15, 0.2) is 5.76 Å². The molecule has 30 heavy (non-hydrogen) atoms. The summed E-state index contributed by atoms with van der Waals surface area (Å²) in [4.78, 5) is 25.3. The van der Waals surface area contributed by atoms with Crippen LogP contribution < -0.4 is 15.6 Å². The van der Waals surface area contributed by atoms with Crippen LogP contribution in [0.15, 0.2) is 57.9 Å². The Morgan fingerprint density at radius 1 is 1.17 bits per heavy atom. The molecule has 0 radical (unpaired) electrons. The molecule has 3 aromatic rings. The number of halogens is 3. The maximum absolute atomic E-state index is 13.1. The molecule has 0 fully saturated rings. The van der Waals surface area contributed by atoms with Gasteiger partial charge in [0.1, 0.15) is 17.0 Å². The van der Waals surface area contributed by atoms with Gasteiger partial charge in [0.2, 0.25) is 0 Å². The number of nitrogens with zero attached hydrogens (tertiary/aromatic N) is 2. The number of aromatic nitrogens is 2. The van der Waals surface area contributed by atoms with Gasteiger partial charge in [-0.25, -0.2) is 4.68 Å². The first-order valence-corrected chi connectivity index (χ1v) is 8.75. The summed E-state index contributed by atoms with van der Waals surface area (Å²) in [5.74, 6) is -0.331. The Labute approximate surface area is 169 Å². The number of carbonyl (C=O) groups excluding carboxylic acids is 1. The maximum Gasteiger partial charge on any atom is 0.416 e. The second-order valence-electron chi connectivity index (χ2n) is 6.87. The Balaban J connectivity index is 1.98. The van der Waals surface area contributed by atoms with Crippen molar-refractivity contribution < 1.29 is 27.1 Å². The first kappa shape index (κ1) is 21.2. The van der Waals surface area contributed by atoms with Crippen LogP contribution in [0, 0.1) is 0 Å². The van der Waals surface area contributed by atoms with Crippen molar-refractivity contribution in [3.05, 3.63) is 64.6 Å². The molecule has 0 saturated carbocycles. The van der Waals surface area contributed by atoms with Crippen LogP contribution in [0.1, 0.15) is 19.4 Å². The van der Waals surface area contributed by atoms with Crippen molar-refractivity contribution in [2.75, 3.05) is 12.4 Å². The number of hydrogen-bond donors (Lipinski definition) is 1. The molecule has 0 bridgehead atoms. The average Bonchev–Trinajstić information content (AvgIpc) is 3.22. The van der Waals surface area contributed by atoms with Crippen molar-refractivity contribution in [2.24, 2.45) is 0 Å². The predicted octanol–water partition coefficient (Wildman–Crippen LogP) is 3.90. The van der Waals surface area contributed by atoms with Gasteiger partial charge in [-0.15, -0.1) is 0 Å². The van der Waals surface area contributed by atoms with Crippen LogP contribution in [-0.4, -0.2) is 22.8 Å². The minimum Gasteiger partial charge on any atom is -0.495 e. The lowest BCUT2D eigenvalue weighted by Crippen LogP contribution is -2.47. The molecule has 1 amide bonds. The summed E-state index contributed by atoms with van der Waals surface area (Å²) < 4.78 is 50.4. The molecule has 2 heterocycles. The SMILES string of the molecule is COc1ccc(C(F)(F)F)cc1NC(=O)C(C)(C)n1nc(-c2ccco2)ccc1=O. The van der Waals surface area contributed by atoms with Gasteiger partial charge in [-0.3, -0.25) is 9.59 Å². The summed E-state index contributed by atoms with van der Waals surface area (Å²) in [6.45, 7) is 2.84. The number of anilines is 1. The van der Waals surface area contributed by atoms with Crippen LogP contribution in [0.25, 0.3) is 11.5 Å². The summed E-state index contributed by atoms with van der Waals surface area (Å²) in [5.41, 5.74) is -2.93. The van der Waals surface area contributed by atoms with Crippen LogP contribution >= 0.6 is 0 Å². The van der Waals surface area contributed by atoms with E-state index in [9.17, 15) is 22.8 Å². The highest BCUT2D eigenvalue weighted by molar-refractivity contribution is 5.97. The predicted molar refractivity (Wildman–Crippen MR) is 102 cm³/mol. The minimum absolute atomic E-state index is 0.0387. The number of ether oxygens (including phenoxy) is 1. The summed E-state index contributed by atoms with van der Waals surface area (Å²) in [5, 5.41) is 6.59. The van der Waals surface area contributed by atoms with E-state index in [0.717, 1.165) is 22.9 Å². The second kappa shape index (κ2) is 7.69. The van der Waals surface area contributed by atoms with E-state index in [4.69, 9.17) is 9.15 Å². The number of hydrogen-bond acceptors (Lipinski definition) is 5. The van der Waals surface area contributed by atoms with Crippen LogP contribution in [0.5, 0.6) is 5.75 Å². The largest absolute Gasteiger partial charge is 0.495 e. The average molecular weight is 421 g/mol. The number of alkyl halides is 3. The normalized spacial score (nSPS) is 11.9. The molecule has 0 aliphatic rings. The molecule has 0 saturated heterocycles. The number of benzene rings is 1. The van der Waals surface area contributed by atoms with Crippen molar-refractivity contribution in [1.82, 2.24) is 9.78 Å². The molecule has 2 aromatic heterocycles. The van der Waals surface area contributed by atoms with Gasteiger partial charge in [0.25, 0.3) is 11.5 Å². The van der Waals surface area contributed by atoms with Crippen molar-refractivity contribution in [3.8, 4) is 17.2 Å². The van der Waals surface area contributed by atoms with Crippen LogP contribution in [0.3, 0.4) is 0 Å². The van der Waals surface area contributed by atoms with E-state index in [0.29, 0.717) is 11.5 Å². The third kappa shape index (κ3) is 4.07. The van der Waals surface area contributed by atoms with Gasteiger partial charge >= 0.3 is 6.18 Å². The number of amides is 1. The van der Waals surface area contributed by atoms with Gasteiger partial charge in [-0.1, -0.05) is 0 Å². The van der Waals surface area contributed by atoms with Crippen LogP contribution in [0.2, 0.25) is 0 Å². The molecule has 3 rings (SSSR count). The highest BCUT2D eigenvalue weighted by Gasteiger charge is 2.35. The van der Waals surface area contributed by atoms with Crippen molar-refractivity contribution >= 4 is 11.6 Å². The molecule has 1 N–H and O–H groups in total. The monoisotopic (exact) mass is 421 g/mol. The van der Waals surface area contributed by atoms with E-state index >= 15 is 0 Å². The quantitative estimate of drug-likeness (QED) is 0.675. The molecule has 0 aliphatic heterocycles. The Kier molecular flexibility index (Phi) is 5.43. The summed E-state index contributed by atoms with van der Waals surface area (Å²) in [6.07, 6.45) is -3.17. The van der Waals surface area contributed by atoms with Crippen molar-refractivity contribution in [2.45, 2.75) is 25.6 Å². The van der Waals surface area contributed by atoms with Gasteiger partial charge in [0, 0.05) is 6.07 Å². The highest BCUT2D eigenvalue weighted by Crippen LogP contribution is 2.35. The number of rotatable bonds is 5. The number of methoxy groups -OCH3 is 1. The van der Waals surface area contributed by atoms with E-state index in [-0.39, 0.29) is 11.4 Å². The molecule has 0 atom stereocenters. The van der Waals surface area contributed by atoms with Crippen molar-refractivity contribution in [3.63, 3.8) is 0 Å². The fourth-order valence-electron chi connectivity index (χ4n) is 2.72. The maximum atomic E-state index is 13.1. The highest BCUT2D eigenvalue weighted by atomic mass is 19.4. The molecule has 0 aliphatic carbocycles. The zero-order valence-electron chi connectivity index (χ0n) is 16.3. The Hall–Kier alpha value is -3.56. The fraction of sp³-hybridized carbons (Fsp3) is 0.250. The molecular formula is C20H18F3N3O4. The Morgan fingerprint density at radius 2 is 1.90 bits per heavy atom. The smallest absolute Gasteiger partial charge is 0.416 e. The van der Waals surface area contributed by atoms with Gasteiger partial charge in [-0.2, -0.15) is 18.3 Å². The topological polar surface area (TPSA) is 86.4 Å². The first-order chi connectivity index (χ1) is 14.0. The fourth-order valence-corrected chi connectivity index (χ4v) is 2.72. The lowest BCUT2D eigenvalue weighted by atomic mass is 10.0. The molecule has 0 unspecified atom stereocenters. The molecular weight excluding hydrogens is 403 g/mol. The molecule has 0 spiro atoms. The number of carbonyl (C=O) groups is 1. The van der Waals surface area contributed by atoms with Crippen LogP contribution in [-0.2, 0) is 16.5 Å². The van der Waals surface area contributed by atoms with Crippen LogP contribution in [0.4, 0.5) is 18.9 Å². The zero-order chi connectivity index (χ0) is 22.1. The number of nitrogens with one attached hydrogen (secondary N) is 1. The van der Waals surface area contributed by atoms with E-state index in [1.807, 2.05) is 0 Å². The lowest BCUT2D eigenvalue weighted by Gasteiger charge is -2.26. The third-order valence-electron chi connectivity index (χ3n) is 4.43. The van der Waals surface area contributed by atoms with Crippen molar-refractivity contribution in [1.29, 1.82) is 0 Å². The first-order valence-electron chi connectivity index (χ1n) is 8.75. The molecule has 1 aromatic carbocycles. The third-order valence-corrected chi connectivity index (χ3v) is 4.43. The Morgan fingerprint density at radius 3 is 2.50 bits per heavy atom. The Bertz CT molecular complexity index is 1120. The van der Waals surface area contributed by atoms with Gasteiger partial charge in [0.05, 0.1) is 24.6 Å². The second-order valence-corrected chi connectivity index (χ2v) is 6.87. The van der Waals surface area contributed by atoms with E-state index in [1.165, 1.54) is 39.4 Å². The standard InChI is InChI=1S/C20H18F3N3O4/c1-19(2,26-17(27)9-7-13(25-26)16-5-4-10-30-16)18(28)24-14-11-12(20(21,22)23)6-8-15(14)29-3/h4-11H,1-3H3,(H,24,28). The minimum atomic E-state index is -4.60. The van der Waals surface area contributed by atoms with E-state index in [2.05, 4.69) is 10.4 Å². The molecule has 10 heteroatoms. The number of furan rings is 1. The summed E-state index contributed by atoms with van der Waals surface area (Å²) >= 11 is 0. The molecule has 158 valence electrons.